The van der Waals surface area contributed by atoms with Gasteiger partial charge in [0.15, 0.2) is 0 Å². The van der Waals surface area contributed by atoms with E-state index in [0.29, 0.717) is 12.0 Å². The predicted octanol–water partition coefficient (Wildman–Crippen LogP) is 1.38. The van der Waals surface area contributed by atoms with Gasteiger partial charge in [0.2, 0.25) is 5.91 Å². The maximum absolute atomic E-state index is 11.8. The van der Waals surface area contributed by atoms with Crippen LogP contribution in [0, 0.1) is 6.92 Å². The zero-order chi connectivity index (χ0) is 12.8. The number of carbonyl (C=O) groups is 2. The van der Waals surface area contributed by atoms with E-state index in [0.717, 1.165) is 5.56 Å². The molecular weight excluding hydrogens is 216 g/mol. The Morgan fingerprint density at radius 2 is 1.88 bits per heavy atom. The third kappa shape index (κ3) is 4.68. The van der Waals surface area contributed by atoms with Crippen LogP contribution in [0.5, 0.6) is 0 Å². The van der Waals surface area contributed by atoms with E-state index in [-0.39, 0.29) is 24.3 Å². The van der Waals surface area contributed by atoms with Gasteiger partial charge in [-0.25, -0.2) is 0 Å². The van der Waals surface area contributed by atoms with Gasteiger partial charge in [-0.3, -0.25) is 9.59 Å². The van der Waals surface area contributed by atoms with E-state index in [1.165, 1.54) is 0 Å². The van der Waals surface area contributed by atoms with Gasteiger partial charge in [0.25, 0.3) is 5.91 Å². The number of aryl methyl sites for hydroxylation is 1. The molecule has 1 atom stereocenters. The van der Waals surface area contributed by atoms with Crippen molar-refractivity contribution in [1.82, 2.24) is 5.32 Å². The fourth-order valence-electron chi connectivity index (χ4n) is 1.44. The van der Waals surface area contributed by atoms with E-state index in [4.69, 9.17) is 5.73 Å². The molecule has 0 spiro atoms. The second-order valence-corrected chi connectivity index (χ2v) is 4.25. The molecule has 0 saturated heterocycles. The van der Waals surface area contributed by atoms with Gasteiger partial charge in [0, 0.05) is 18.0 Å². The molecule has 4 heteroatoms. The van der Waals surface area contributed by atoms with E-state index in [1.807, 2.05) is 26.0 Å². The van der Waals surface area contributed by atoms with Gasteiger partial charge in [-0.1, -0.05) is 17.7 Å². The van der Waals surface area contributed by atoms with Crippen LogP contribution in [0.25, 0.3) is 0 Å². The minimum atomic E-state index is -0.346. The van der Waals surface area contributed by atoms with Crippen molar-refractivity contribution < 1.29 is 9.59 Å². The average molecular weight is 234 g/mol. The first-order valence-electron chi connectivity index (χ1n) is 5.65. The summed E-state index contributed by atoms with van der Waals surface area (Å²) in [6.45, 7) is 3.83. The normalized spacial score (nSPS) is 11.9. The predicted molar refractivity (Wildman–Crippen MR) is 66.5 cm³/mol. The van der Waals surface area contributed by atoms with Crippen LogP contribution in [0.2, 0.25) is 0 Å². The maximum atomic E-state index is 11.8. The van der Waals surface area contributed by atoms with Crippen LogP contribution in [0.15, 0.2) is 24.3 Å². The Balaban J connectivity index is 2.48. The van der Waals surface area contributed by atoms with Crippen LogP contribution >= 0.6 is 0 Å². The van der Waals surface area contributed by atoms with Crippen LogP contribution in [-0.4, -0.2) is 17.9 Å². The van der Waals surface area contributed by atoms with Crippen LogP contribution in [-0.2, 0) is 4.79 Å². The van der Waals surface area contributed by atoms with Crippen LogP contribution < -0.4 is 11.1 Å². The summed E-state index contributed by atoms with van der Waals surface area (Å²) in [5.41, 5.74) is 6.79. The zero-order valence-electron chi connectivity index (χ0n) is 10.2. The molecule has 0 aromatic heterocycles. The Kier molecular flexibility index (Phi) is 4.69. The lowest BCUT2D eigenvalue weighted by Crippen LogP contribution is -2.33. The molecule has 1 aromatic rings. The summed E-state index contributed by atoms with van der Waals surface area (Å²) < 4.78 is 0. The Labute approximate surface area is 101 Å². The molecule has 0 bridgehead atoms. The summed E-state index contributed by atoms with van der Waals surface area (Å²) >= 11 is 0. The van der Waals surface area contributed by atoms with Gasteiger partial charge in [-0.15, -0.1) is 0 Å². The SMILES string of the molecule is Cc1ccc(C(=O)N[C@@H](C)CCC(N)=O)cc1. The van der Waals surface area contributed by atoms with Gasteiger partial charge in [-0.05, 0) is 32.4 Å². The van der Waals surface area contributed by atoms with Gasteiger partial charge in [0.05, 0.1) is 0 Å². The zero-order valence-corrected chi connectivity index (χ0v) is 10.2. The van der Waals surface area contributed by atoms with Gasteiger partial charge < -0.3 is 11.1 Å². The molecule has 1 rings (SSSR count). The highest BCUT2D eigenvalue weighted by atomic mass is 16.2. The first-order valence-corrected chi connectivity index (χ1v) is 5.65. The minimum Gasteiger partial charge on any atom is -0.370 e. The molecule has 0 aliphatic carbocycles. The molecule has 0 radical (unpaired) electrons. The molecule has 0 aliphatic rings. The molecule has 0 saturated carbocycles. The summed E-state index contributed by atoms with van der Waals surface area (Å²) in [6, 6.07) is 7.29. The molecule has 3 N–H and O–H groups in total. The molecule has 0 unspecified atom stereocenters. The number of rotatable bonds is 5. The highest BCUT2D eigenvalue weighted by molar-refractivity contribution is 5.94. The van der Waals surface area contributed by atoms with Crippen LogP contribution in [0.4, 0.5) is 0 Å². The molecule has 92 valence electrons. The summed E-state index contributed by atoms with van der Waals surface area (Å²) in [7, 11) is 0. The van der Waals surface area contributed by atoms with Crippen molar-refractivity contribution in [2.45, 2.75) is 32.7 Å². The van der Waals surface area contributed by atoms with Crippen molar-refractivity contribution in [3.8, 4) is 0 Å². The monoisotopic (exact) mass is 234 g/mol. The van der Waals surface area contributed by atoms with E-state index in [9.17, 15) is 9.59 Å². The maximum Gasteiger partial charge on any atom is 0.251 e. The Morgan fingerprint density at radius 1 is 1.29 bits per heavy atom. The van der Waals surface area contributed by atoms with Gasteiger partial charge in [-0.2, -0.15) is 0 Å². The summed E-state index contributed by atoms with van der Waals surface area (Å²) in [6.07, 6.45) is 0.849. The third-order valence-electron chi connectivity index (χ3n) is 2.51. The Morgan fingerprint density at radius 3 is 2.41 bits per heavy atom. The molecule has 0 heterocycles. The lowest BCUT2D eigenvalue weighted by molar-refractivity contribution is -0.118. The number of nitrogens with two attached hydrogens (primary N) is 1. The Bertz CT molecular complexity index is 398. The number of amides is 2. The number of benzene rings is 1. The number of hydrogen-bond donors (Lipinski definition) is 2. The van der Waals surface area contributed by atoms with Crippen LogP contribution in [0.1, 0.15) is 35.7 Å². The molecule has 17 heavy (non-hydrogen) atoms. The van der Waals surface area contributed by atoms with Crippen molar-refractivity contribution >= 4 is 11.8 Å². The fraction of sp³-hybridized carbons (Fsp3) is 0.385. The smallest absolute Gasteiger partial charge is 0.251 e. The van der Waals surface area contributed by atoms with E-state index in [2.05, 4.69) is 5.32 Å². The summed E-state index contributed by atoms with van der Waals surface area (Å²) in [5, 5.41) is 2.82. The van der Waals surface area contributed by atoms with E-state index < -0.39 is 0 Å². The van der Waals surface area contributed by atoms with E-state index in [1.54, 1.807) is 12.1 Å². The molecule has 0 fully saturated rings. The largest absolute Gasteiger partial charge is 0.370 e. The van der Waals surface area contributed by atoms with Crippen molar-refractivity contribution in [1.29, 1.82) is 0 Å². The fourth-order valence-corrected chi connectivity index (χ4v) is 1.44. The number of nitrogens with one attached hydrogen (secondary N) is 1. The summed E-state index contributed by atoms with van der Waals surface area (Å²) in [4.78, 5) is 22.4. The highest BCUT2D eigenvalue weighted by Crippen LogP contribution is 2.04. The van der Waals surface area contributed by atoms with Crippen molar-refractivity contribution in [2.75, 3.05) is 0 Å². The van der Waals surface area contributed by atoms with Gasteiger partial charge in [0.1, 0.15) is 0 Å². The number of hydrogen-bond acceptors (Lipinski definition) is 2. The molecule has 4 nitrogen and oxygen atoms in total. The molecule has 0 aliphatic heterocycles. The number of carbonyl (C=O) groups excluding carboxylic acids is 2. The van der Waals surface area contributed by atoms with Crippen LogP contribution in [0.3, 0.4) is 0 Å². The standard InChI is InChI=1S/C13H18N2O2/c1-9-3-6-11(7-4-9)13(17)15-10(2)5-8-12(14)16/h3-4,6-7,10H,5,8H2,1-2H3,(H2,14,16)(H,15,17)/t10-/m0/s1. The average Bonchev–Trinajstić information content (AvgIpc) is 2.27. The lowest BCUT2D eigenvalue weighted by Gasteiger charge is -2.12. The second kappa shape index (κ2) is 6.03. The second-order valence-electron chi connectivity index (χ2n) is 4.25. The lowest BCUT2D eigenvalue weighted by atomic mass is 10.1. The third-order valence-corrected chi connectivity index (χ3v) is 2.51. The molecular formula is C13H18N2O2. The topological polar surface area (TPSA) is 72.2 Å². The van der Waals surface area contributed by atoms with E-state index >= 15 is 0 Å². The molecule has 2 amide bonds. The van der Waals surface area contributed by atoms with Crippen molar-refractivity contribution in [3.05, 3.63) is 35.4 Å². The highest BCUT2D eigenvalue weighted by Gasteiger charge is 2.10. The Hall–Kier alpha value is -1.84. The quantitative estimate of drug-likeness (QED) is 0.807. The van der Waals surface area contributed by atoms with Crippen molar-refractivity contribution in [3.63, 3.8) is 0 Å². The molecule has 1 aromatic carbocycles. The minimum absolute atomic E-state index is 0.0590. The first-order chi connectivity index (χ1) is 7.99. The van der Waals surface area contributed by atoms with Crippen molar-refractivity contribution in [2.24, 2.45) is 5.73 Å². The van der Waals surface area contributed by atoms with Gasteiger partial charge >= 0.3 is 0 Å². The summed E-state index contributed by atoms with van der Waals surface area (Å²) in [5.74, 6) is -0.469. The first kappa shape index (κ1) is 13.2. The number of primary amides is 1.